The molecule has 6 atom stereocenters. The molecule has 0 aromatic rings. The highest BCUT2D eigenvalue weighted by atomic mass is 16.5. The number of aliphatic hydroxyl groups is 1. The lowest BCUT2D eigenvalue weighted by atomic mass is 9.54. The number of methoxy groups -OCH3 is 1. The maximum absolute atomic E-state index is 14.7. The van der Waals surface area contributed by atoms with E-state index in [-0.39, 0.29) is 18.1 Å². The number of hydrogen-bond donors (Lipinski definition) is 1. The van der Waals surface area contributed by atoms with Gasteiger partial charge in [-0.15, -0.1) is 0 Å². The van der Waals surface area contributed by atoms with Gasteiger partial charge in [0, 0.05) is 43.9 Å². The lowest BCUT2D eigenvalue weighted by Crippen LogP contribution is -2.59. The average molecular weight is 478 g/mol. The van der Waals surface area contributed by atoms with Crippen molar-refractivity contribution >= 4 is 5.78 Å². The number of fused-ring (bicyclic) bond motifs is 1. The van der Waals surface area contributed by atoms with Gasteiger partial charge in [0.2, 0.25) is 0 Å². The molecule has 0 aromatic heterocycles. The van der Waals surface area contributed by atoms with Gasteiger partial charge in [-0.25, -0.2) is 0 Å². The zero-order valence-corrected chi connectivity index (χ0v) is 22.3. The number of carbonyl (C=O) groups excluding carboxylic acids is 1. The summed E-state index contributed by atoms with van der Waals surface area (Å²) in [6, 6.07) is 0. The van der Waals surface area contributed by atoms with Crippen molar-refractivity contribution in [2.24, 2.45) is 22.7 Å². The lowest BCUT2D eigenvalue weighted by molar-refractivity contribution is -0.200. The molecule has 0 radical (unpaired) electrons. The van der Waals surface area contributed by atoms with E-state index in [1.165, 1.54) is 11.1 Å². The first-order valence-electron chi connectivity index (χ1n) is 13.5. The van der Waals surface area contributed by atoms with Crippen LogP contribution < -0.4 is 0 Å². The Balaban J connectivity index is 1.69. The predicted molar refractivity (Wildman–Crippen MR) is 133 cm³/mol. The predicted octanol–water partition coefficient (Wildman–Crippen LogP) is 4.00. The number of nitrogens with zero attached hydrogens (tertiary/aromatic N) is 1. The van der Waals surface area contributed by atoms with Gasteiger partial charge in [0.15, 0.2) is 0 Å². The fraction of sp³-hybridized carbons (Fsp3) is 0.893. The summed E-state index contributed by atoms with van der Waals surface area (Å²) in [6.07, 6.45) is 4.81. The average Bonchev–Trinajstić information content (AvgIpc) is 2.81. The summed E-state index contributed by atoms with van der Waals surface area (Å²) >= 11 is 0. The summed E-state index contributed by atoms with van der Waals surface area (Å²) in [5.74, 6) is 0.541. The topological polar surface area (TPSA) is 68.2 Å². The molecular formula is C28H47NO5. The molecule has 4 aliphatic rings. The van der Waals surface area contributed by atoms with Crippen LogP contribution in [0.3, 0.4) is 0 Å². The smallest absolute Gasteiger partial charge is 0.148 e. The molecule has 4 rings (SSSR count). The minimum Gasteiger partial charge on any atom is -0.389 e. The van der Waals surface area contributed by atoms with Crippen molar-refractivity contribution in [1.29, 1.82) is 0 Å². The number of carbonyl (C=O) groups is 1. The van der Waals surface area contributed by atoms with E-state index >= 15 is 0 Å². The zero-order chi connectivity index (χ0) is 24.7. The lowest BCUT2D eigenvalue weighted by Gasteiger charge is -2.54. The molecule has 6 heteroatoms. The molecule has 2 saturated heterocycles. The number of Topliss-reactive ketones (excluding diaryl/α,β-unsaturated/α-hetero) is 1. The van der Waals surface area contributed by atoms with Crippen LogP contribution in [0.2, 0.25) is 0 Å². The summed E-state index contributed by atoms with van der Waals surface area (Å²) in [5.41, 5.74) is 0.692. The van der Waals surface area contributed by atoms with Crippen molar-refractivity contribution in [3.63, 3.8) is 0 Å². The second-order valence-corrected chi connectivity index (χ2v) is 12.1. The largest absolute Gasteiger partial charge is 0.389 e. The van der Waals surface area contributed by atoms with Crippen molar-refractivity contribution in [3.05, 3.63) is 11.1 Å². The zero-order valence-electron chi connectivity index (χ0n) is 22.3. The van der Waals surface area contributed by atoms with Crippen LogP contribution in [0.1, 0.15) is 73.1 Å². The van der Waals surface area contributed by atoms with Crippen LogP contribution in [0.5, 0.6) is 0 Å². The first kappa shape index (κ1) is 26.3. The Morgan fingerprint density at radius 2 is 1.97 bits per heavy atom. The first-order chi connectivity index (χ1) is 16.1. The van der Waals surface area contributed by atoms with Crippen molar-refractivity contribution in [2.75, 3.05) is 46.6 Å². The van der Waals surface area contributed by atoms with Crippen LogP contribution in [0.4, 0.5) is 0 Å². The molecule has 0 bridgehead atoms. The third-order valence-corrected chi connectivity index (χ3v) is 10.0. The summed E-state index contributed by atoms with van der Waals surface area (Å²) in [4.78, 5) is 17.1. The second-order valence-electron chi connectivity index (χ2n) is 12.1. The fourth-order valence-electron chi connectivity index (χ4n) is 7.50. The van der Waals surface area contributed by atoms with Crippen LogP contribution in [-0.4, -0.2) is 80.2 Å². The molecule has 34 heavy (non-hydrogen) atoms. The Kier molecular flexibility index (Phi) is 7.67. The molecule has 6 nitrogen and oxygen atoms in total. The Bertz CT molecular complexity index is 788. The molecular weight excluding hydrogens is 430 g/mol. The van der Waals surface area contributed by atoms with E-state index in [2.05, 4.69) is 39.5 Å². The number of morpholine rings is 1. The van der Waals surface area contributed by atoms with Gasteiger partial charge in [-0.05, 0) is 45.6 Å². The first-order valence-corrected chi connectivity index (χ1v) is 13.5. The van der Waals surface area contributed by atoms with Gasteiger partial charge in [0.1, 0.15) is 5.78 Å². The molecule has 2 aliphatic carbocycles. The number of ether oxygens (including phenoxy) is 3. The number of ketones is 1. The van der Waals surface area contributed by atoms with Gasteiger partial charge in [0.05, 0.1) is 43.0 Å². The number of rotatable bonds is 8. The van der Waals surface area contributed by atoms with Gasteiger partial charge in [0.25, 0.3) is 0 Å². The summed E-state index contributed by atoms with van der Waals surface area (Å²) in [6.45, 7) is 15.7. The molecule has 2 unspecified atom stereocenters. The molecule has 2 aliphatic heterocycles. The Morgan fingerprint density at radius 1 is 1.26 bits per heavy atom. The molecule has 0 aromatic carbocycles. The normalized spacial score (nSPS) is 39.3. The van der Waals surface area contributed by atoms with Crippen molar-refractivity contribution in [3.8, 4) is 0 Å². The minimum atomic E-state index is -0.791. The van der Waals surface area contributed by atoms with Gasteiger partial charge in [-0.2, -0.15) is 0 Å². The van der Waals surface area contributed by atoms with E-state index in [1.807, 2.05) is 0 Å². The maximum atomic E-state index is 14.7. The number of hydrogen-bond acceptors (Lipinski definition) is 6. The Labute approximate surface area is 206 Å². The molecule has 3 fully saturated rings. The van der Waals surface area contributed by atoms with Gasteiger partial charge in [-0.1, -0.05) is 38.8 Å². The Hall–Kier alpha value is -0.790. The van der Waals surface area contributed by atoms with Crippen LogP contribution in [0.15, 0.2) is 11.1 Å². The van der Waals surface area contributed by atoms with Crippen molar-refractivity contribution in [2.45, 2.75) is 91.0 Å². The SMILES string of the molecule is CC[C@]1(O)CCC(C)=C([C@@H](CCN2CCOCC2)C(=O)C2(C)CC3CO[C@@H]3C[C@@H]2OC)C1(C)C. The quantitative estimate of drug-likeness (QED) is 0.533. The van der Waals surface area contributed by atoms with Crippen LogP contribution in [0, 0.1) is 22.7 Å². The highest BCUT2D eigenvalue weighted by Gasteiger charge is 2.57. The van der Waals surface area contributed by atoms with E-state index in [1.54, 1.807) is 7.11 Å². The third-order valence-electron chi connectivity index (χ3n) is 10.0. The summed E-state index contributed by atoms with van der Waals surface area (Å²) in [7, 11) is 1.74. The van der Waals surface area contributed by atoms with E-state index in [0.29, 0.717) is 18.1 Å². The van der Waals surface area contributed by atoms with Crippen LogP contribution >= 0.6 is 0 Å². The third kappa shape index (κ3) is 4.43. The van der Waals surface area contributed by atoms with Crippen molar-refractivity contribution < 1.29 is 24.1 Å². The molecule has 2 heterocycles. The summed E-state index contributed by atoms with van der Waals surface area (Å²) < 4.78 is 17.3. The van der Waals surface area contributed by atoms with Gasteiger partial charge >= 0.3 is 0 Å². The van der Waals surface area contributed by atoms with Crippen molar-refractivity contribution in [1.82, 2.24) is 4.90 Å². The van der Waals surface area contributed by atoms with Crippen LogP contribution in [0.25, 0.3) is 0 Å². The second kappa shape index (κ2) is 9.93. The Morgan fingerprint density at radius 3 is 2.56 bits per heavy atom. The maximum Gasteiger partial charge on any atom is 0.148 e. The van der Waals surface area contributed by atoms with E-state index in [9.17, 15) is 9.90 Å². The van der Waals surface area contributed by atoms with Gasteiger partial charge < -0.3 is 19.3 Å². The molecule has 194 valence electrons. The van der Waals surface area contributed by atoms with E-state index in [4.69, 9.17) is 14.2 Å². The number of allylic oxidation sites excluding steroid dienone is 1. The molecule has 0 amide bonds. The molecule has 0 spiro atoms. The van der Waals surface area contributed by atoms with Crippen LogP contribution in [-0.2, 0) is 19.0 Å². The highest BCUT2D eigenvalue weighted by Crippen LogP contribution is 2.55. The highest BCUT2D eigenvalue weighted by molar-refractivity contribution is 5.90. The fourth-order valence-corrected chi connectivity index (χ4v) is 7.50. The van der Waals surface area contributed by atoms with E-state index < -0.39 is 16.4 Å². The molecule has 1 N–H and O–H groups in total. The standard InChI is InChI=1S/C28H47NO5/c1-7-28(31)10-8-19(2)24(26(28,3)4)21(9-11-29-12-14-33-15-13-29)25(30)27(5)17-20-18-34-22(20)16-23(27)32-6/h20-23,31H,7-18H2,1-6H3/t20?,21-,22-,23+,27?,28+/m1/s1. The minimum absolute atomic E-state index is 0.134. The monoisotopic (exact) mass is 477 g/mol. The molecule has 1 saturated carbocycles. The summed E-state index contributed by atoms with van der Waals surface area (Å²) in [5, 5.41) is 11.7. The van der Waals surface area contributed by atoms with Gasteiger partial charge in [-0.3, -0.25) is 9.69 Å². The van der Waals surface area contributed by atoms with E-state index in [0.717, 1.165) is 71.6 Å².